The predicted octanol–water partition coefficient (Wildman–Crippen LogP) is -0.854. The molecule has 0 bridgehead atoms. The van der Waals surface area contributed by atoms with E-state index in [0.717, 1.165) is 0 Å². The van der Waals surface area contributed by atoms with E-state index in [0.29, 0.717) is 0 Å². The molecule has 0 aliphatic heterocycles. The van der Waals surface area contributed by atoms with Gasteiger partial charge < -0.3 is 0 Å². The zero-order chi connectivity index (χ0) is 6.62. The van der Waals surface area contributed by atoms with E-state index in [1.165, 1.54) is 0 Å². The van der Waals surface area contributed by atoms with Gasteiger partial charge in [-0.2, -0.15) is 0 Å². The summed E-state index contributed by atoms with van der Waals surface area (Å²) in [5.74, 6) is 0. The molecule has 8 heavy (non-hydrogen) atoms. The molecule has 0 rings (SSSR count). The second-order valence-electron chi connectivity index (χ2n) is 0.715. The van der Waals surface area contributed by atoms with Gasteiger partial charge in [0.25, 0.3) is 0 Å². The van der Waals surface area contributed by atoms with Crippen LogP contribution in [0.4, 0.5) is 0 Å². The molecule has 1 N–H and O–H groups in total. The second kappa shape index (κ2) is 4.27. The zero-order valence-electron chi connectivity index (χ0n) is 3.49. The normalized spacial score (nSPS) is 10.1. The molecule has 0 radical (unpaired) electrons. The fourth-order valence-electron chi connectivity index (χ4n) is 0.0697. The van der Waals surface area contributed by atoms with Gasteiger partial charge in [0, 0.05) is 0 Å². The Balaban J connectivity index is 3.57. The van der Waals surface area contributed by atoms with Crippen molar-refractivity contribution in [2.75, 3.05) is 0 Å². The molecule has 0 aromatic heterocycles. The van der Waals surface area contributed by atoms with Crippen LogP contribution in [0.5, 0.6) is 0 Å². The summed E-state index contributed by atoms with van der Waals surface area (Å²) < 4.78 is 40.8. The maximum absolute atomic E-state index is 9.73. The Morgan fingerprint density at radius 2 is 2.12 bits per heavy atom. The van der Waals surface area contributed by atoms with E-state index >= 15 is 0 Å². The van der Waals surface area contributed by atoms with Gasteiger partial charge in [-0.3, -0.25) is 0 Å². The summed E-state index contributed by atoms with van der Waals surface area (Å²) in [4.78, 5) is 0. The van der Waals surface area contributed by atoms with Crippen molar-refractivity contribution in [3.05, 3.63) is 0 Å². The first-order chi connectivity index (χ1) is 3.56. The van der Waals surface area contributed by atoms with E-state index in [9.17, 15) is 11.2 Å². The van der Waals surface area contributed by atoms with Gasteiger partial charge in [0.2, 0.25) is 0 Å². The van der Waals surface area contributed by atoms with Crippen molar-refractivity contribution < 1.29 is 55.2 Å². The fraction of sp³-hybridized carbons (Fsp3) is 0. The van der Waals surface area contributed by atoms with Gasteiger partial charge in [-0.15, -0.1) is 0 Å². The quantitative estimate of drug-likeness (QED) is 0.508. The van der Waals surface area contributed by atoms with Crippen LogP contribution in [0.3, 0.4) is 0 Å². The van der Waals surface area contributed by atoms with Gasteiger partial charge in [0.1, 0.15) is 0 Å². The number of hydrogen-bond acceptors (Lipinski definition) is 4. The summed E-state index contributed by atoms with van der Waals surface area (Å²) in [7, 11) is -4.26. The van der Waals surface area contributed by atoms with Crippen LogP contribution in [0.1, 0.15) is 0 Å². The number of hydrogen-bond donors (Lipinski definition) is 1. The molecule has 0 atom stereocenters. The molecule has 5 nitrogen and oxygen atoms in total. The van der Waals surface area contributed by atoms with E-state index in [2.05, 4.69) is 2.30 Å². The van der Waals surface area contributed by atoms with Gasteiger partial charge >= 0.3 is 65.6 Å². The van der Waals surface area contributed by atoms with Crippen molar-refractivity contribution >= 4 is 10.4 Å². The first-order valence-corrected chi connectivity index (χ1v) is 17.0. The predicted molar refractivity (Wildman–Crippen MR) is 13.3 cm³/mol. The van der Waals surface area contributed by atoms with E-state index in [1.54, 1.807) is 0 Å². The standard InChI is InChI=1S/Hf.H2O4S.O.Zr/c;1-5(2,3)4;;/h;(H2,1,2,3,4);;/q+1;;;/p-1. The van der Waals surface area contributed by atoms with Crippen molar-refractivity contribution in [3.8, 4) is 0 Å². The Morgan fingerprint density at radius 1 is 1.62 bits per heavy atom. The van der Waals surface area contributed by atoms with E-state index in [1.807, 2.05) is 0 Å². The Labute approximate surface area is 64.8 Å². The van der Waals surface area contributed by atoms with Gasteiger partial charge in [0.05, 0.1) is 0 Å². The molecule has 8 heteroatoms. The van der Waals surface area contributed by atoms with Crippen LogP contribution in [0, 0.1) is 0 Å². The van der Waals surface area contributed by atoms with E-state index in [-0.39, 0.29) is 0 Å². The van der Waals surface area contributed by atoms with Crippen LogP contribution < -0.4 is 0 Å². The third-order valence-electron chi connectivity index (χ3n) is 0.189. The topological polar surface area (TPSA) is 80.7 Å². The Kier molecular flexibility index (Phi) is 5.03. The SMILES string of the molecule is [O]=[Zr][Hf][O]S(=O)(=O)O. The molecular formula is HHfO5SZr. The molecule has 0 saturated carbocycles. The summed E-state index contributed by atoms with van der Waals surface area (Å²) in [6.45, 7) is 0. The minimum absolute atomic E-state index is 1.71. The van der Waals surface area contributed by atoms with Crippen LogP contribution in [-0.2, 0) is 52.6 Å². The van der Waals surface area contributed by atoms with Crippen molar-refractivity contribution in [2.45, 2.75) is 0 Å². The van der Waals surface area contributed by atoms with Crippen LogP contribution >= 0.6 is 0 Å². The zero-order valence-corrected chi connectivity index (χ0v) is 10.4. The third kappa shape index (κ3) is 7.42. The first kappa shape index (κ1) is 9.42. The van der Waals surface area contributed by atoms with Gasteiger partial charge in [-0.25, -0.2) is 0 Å². The average Bonchev–Trinajstić information content (AvgIpc) is 1.59. The van der Waals surface area contributed by atoms with Gasteiger partial charge in [-0.1, -0.05) is 0 Å². The molecule has 0 fully saturated rings. The molecule has 0 saturated heterocycles. The van der Waals surface area contributed by atoms with E-state index in [4.69, 9.17) is 4.55 Å². The van der Waals surface area contributed by atoms with Crippen LogP contribution in [0.2, 0.25) is 0 Å². The average molecular weight is 383 g/mol. The monoisotopic (exact) mass is 383 g/mol. The molecule has 0 aliphatic rings. The molecule has 0 heterocycles. The Morgan fingerprint density at radius 3 is 2.25 bits per heavy atom. The maximum atomic E-state index is 9.73. The summed E-state index contributed by atoms with van der Waals surface area (Å²) in [6, 6.07) is 0. The molecule has 0 unspecified atom stereocenters. The molecule has 0 aromatic rings. The molecular weight excluding hydrogens is 382 g/mol. The van der Waals surface area contributed by atoms with Crippen molar-refractivity contribution in [3.63, 3.8) is 0 Å². The fourth-order valence-corrected chi connectivity index (χ4v) is 10.1. The van der Waals surface area contributed by atoms with Crippen LogP contribution in [0.15, 0.2) is 0 Å². The van der Waals surface area contributed by atoms with Crippen LogP contribution in [-0.4, -0.2) is 13.0 Å². The Hall–Kier alpha value is 1.42. The second-order valence-corrected chi connectivity index (χ2v) is 13.2. The summed E-state index contributed by atoms with van der Waals surface area (Å²) in [5.41, 5.74) is 0. The van der Waals surface area contributed by atoms with Gasteiger partial charge in [0.15, 0.2) is 0 Å². The molecule has 45 valence electrons. The van der Waals surface area contributed by atoms with Crippen molar-refractivity contribution in [1.82, 2.24) is 0 Å². The molecule has 0 aliphatic carbocycles. The summed E-state index contributed by atoms with van der Waals surface area (Å²) >= 11 is -3.54. The van der Waals surface area contributed by atoms with Crippen molar-refractivity contribution in [1.29, 1.82) is 0 Å². The molecule has 0 spiro atoms. The Bertz CT molecular complexity index is 157. The summed E-state index contributed by atoms with van der Waals surface area (Å²) in [5, 5.41) is 0. The van der Waals surface area contributed by atoms with Gasteiger partial charge in [-0.05, 0) is 0 Å². The van der Waals surface area contributed by atoms with E-state index < -0.39 is 47.5 Å². The van der Waals surface area contributed by atoms with Crippen molar-refractivity contribution in [2.24, 2.45) is 0 Å². The minimum atomic E-state index is -4.26. The molecule has 0 amide bonds. The number of rotatable bonds is 3. The third-order valence-corrected chi connectivity index (χ3v) is 10.7. The summed E-state index contributed by atoms with van der Waals surface area (Å²) in [6.07, 6.45) is 0. The first-order valence-electron chi connectivity index (χ1n) is 1.34. The molecule has 0 aromatic carbocycles. The van der Waals surface area contributed by atoms with Crippen LogP contribution in [0.25, 0.3) is 0 Å².